The molecule has 30 heavy (non-hydrogen) atoms. The molecular weight excluding hydrogens is 380 g/mol. The first kappa shape index (κ1) is 21.1. The monoisotopic (exact) mass is 403 g/mol. The first-order valence-corrected chi connectivity index (χ1v) is 9.72. The SMILES string of the molecule is COc1ccccc1C(CCC(=O)[O-])C(=O)c1cccc(OCc2ccccc2)c1. The van der Waals surface area contributed by atoms with Crippen LogP contribution in [0.2, 0.25) is 0 Å². The first-order valence-electron chi connectivity index (χ1n) is 9.72. The topological polar surface area (TPSA) is 75.7 Å². The van der Waals surface area contributed by atoms with E-state index in [0.29, 0.717) is 29.2 Å². The summed E-state index contributed by atoms with van der Waals surface area (Å²) in [6.07, 6.45) is -0.102. The average molecular weight is 403 g/mol. The van der Waals surface area contributed by atoms with Gasteiger partial charge in [0, 0.05) is 17.1 Å². The molecule has 0 bridgehead atoms. The van der Waals surface area contributed by atoms with Crippen molar-refractivity contribution in [2.24, 2.45) is 0 Å². The van der Waals surface area contributed by atoms with E-state index < -0.39 is 11.9 Å². The van der Waals surface area contributed by atoms with Crippen LogP contribution in [-0.4, -0.2) is 18.9 Å². The Hall–Kier alpha value is -3.60. The van der Waals surface area contributed by atoms with Crippen LogP contribution in [0.4, 0.5) is 0 Å². The predicted molar refractivity (Wildman–Crippen MR) is 112 cm³/mol. The number of ether oxygens (including phenoxy) is 2. The zero-order valence-corrected chi connectivity index (χ0v) is 16.7. The molecule has 0 amide bonds. The number of rotatable bonds is 10. The smallest absolute Gasteiger partial charge is 0.170 e. The molecule has 0 aliphatic rings. The van der Waals surface area contributed by atoms with E-state index in [9.17, 15) is 14.7 Å². The van der Waals surface area contributed by atoms with Gasteiger partial charge in [0.1, 0.15) is 18.1 Å². The van der Waals surface area contributed by atoms with Crippen LogP contribution in [0.5, 0.6) is 11.5 Å². The highest BCUT2D eigenvalue weighted by molar-refractivity contribution is 6.01. The fraction of sp³-hybridized carbons (Fsp3) is 0.200. The maximum Gasteiger partial charge on any atom is 0.170 e. The van der Waals surface area contributed by atoms with Crippen LogP contribution in [0.1, 0.15) is 40.2 Å². The van der Waals surface area contributed by atoms with Crippen molar-refractivity contribution >= 4 is 11.8 Å². The number of ketones is 1. The van der Waals surface area contributed by atoms with Gasteiger partial charge in [-0.2, -0.15) is 0 Å². The largest absolute Gasteiger partial charge is 0.550 e. The van der Waals surface area contributed by atoms with Crippen LogP contribution in [0.25, 0.3) is 0 Å². The van der Waals surface area contributed by atoms with E-state index in [-0.39, 0.29) is 18.6 Å². The lowest BCUT2D eigenvalue weighted by molar-refractivity contribution is -0.305. The second kappa shape index (κ2) is 10.3. The highest BCUT2D eigenvalue weighted by atomic mass is 16.5. The summed E-state index contributed by atoms with van der Waals surface area (Å²) < 4.78 is 11.2. The molecule has 5 heteroatoms. The van der Waals surface area contributed by atoms with Crippen LogP contribution in [0, 0.1) is 0 Å². The van der Waals surface area contributed by atoms with Gasteiger partial charge >= 0.3 is 0 Å². The molecule has 0 saturated heterocycles. The molecular formula is C25H23O5-. The molecule has 0 heterocycles. The van der Waals surface area contributed by atoms with Crippen molar-refractivity contribution in [2.75, 3.05) is 7.11 Å². The van der Waals surface area contributed by atoms with Gasteiger partial charge in [-0.05, 0) is 36.6 Å². The summed E-state index contributed by atoms with van der Waals surface area (Å²) in [5.74, 6) is -0.925. The summed E-state index contributed by atoms with van der Waals surface area (Å²) in [6, 6.07) is 23.8. The van der Waals surface area contributed by atoms with Gasteiger partial charge in [0.2, 0.25) is 0 Å². The number of Topliss-reactive ketones (excluding diaryl/α,β-unsaturated/α-hetero) is 1. The second-order valence-electron chi connectivity index (χ2n) is 6.87. The Bertz CT molecular complexity index is 997. The molecule has 0 aromatic heterocycles. The van der Waals surface area contributed by atoms with Gasteiger partial charge in [-0.3, -0.25) is 4.79 Å². The molecule has 0 fully saturated rings. The number of benzene rings is 3. The van der Waals surface area contributed by atoms with E-state index in [1.165, 1.54) is 7.11 Å². The number of methoxy groups -OCH3 is 1. The molecule has 0 saturated carbocycles. The minimum Gasteiger partial charge on any atom is -0.550 e. The maximum atomic E-state index is 13.3. The molecule has 1 atom stereocenters. The Kier molecular flexibility index (Phi) is 7.22. The van der Waals surface area contributed by atoms with Crippen molar-refractivity contribution < 1.29 is 24.2 Å². The van der Waals surface area contributed by atoms with E-state index >= 15 is 0 Å². The summed E-state index contributed by atoms with van der Waals surface area (Å²) in [5, 5.41) is 11.0. The highest BCUT2D eigenvalue weighted by Gasteiger charge is 2.25. The van der Waals surface area contributed by atoms with Gasteiger partial charge in [0.05, 0.1) is 13.0 Å². The van der Waals surface area contributed by atoms with E-state index in [2.05, 4.69) is 0 Å². The molecule has 3 aromatic rings. The van der Waals surface area contributed by atoms with Gasteiger partial charge < -0.3 is 19.4 Å². The Morgan fingerprint density at radius 1 is 0.933 bits per heavy atom. The maximum absolute atomic E-state index is 13.3. The second-order valence-corrected chi connectivity index (χ2v) is 6.87. The van der Waals surface area contributed by atoms with Crippen molar-refractivity contribution in [3.05, 3.63) is 95.6 Å². The van der Waals surface area contributed by atoms with Crippen molar-refractivity contribution in [1.29, 1.82) is 0 Å². The molecule has 154 valence electrons. The molecule has 0 N–H and O–H groups in total. The van der Waals surface area contributed by atoms with Crippen molar-refractivity contribution in [3.8, 4) is 11.5 Å². The molecule has 0 aliphatic carbocycles. The molecule has 0 aliphatic heterocycles. The summed E-state index contributed by atoms with van der Waals surface area (Å²) in [7, 11) is 1.52. The first-order chi connectivity index (χ1) is 14.6. The predicted octanol–water partition coefficient (Wildman–Crippen LogP) is 3.77. The fourth-order valence-electron chi connectivity index (χ4n) is 3.33. The summed E-state index contributed by atoms with van der Waals surface area (Å²) in [6.45, 7) is 0.388. The quantitative estimate of drug-likeness (QED) is 0.482. The normalized spacial score (nSPS) is 11.5. The third kappa shape index (κ3) is 5.47. The Morgan fingerprint density at radius 2 is 1.67 bits per heavy atom. The van der Waals surface area contributed by atoms with Crippen LogP contribution < -0.4 is 14.6 Å². The molecule has 0 spiro atoms. The minimum absolute atomic E-state index is 0.122. The average Bonchev–Trinajstić information content (AvgIpc) is 2.78. The Morgan fingerprint density at radius 3 is 2.40 bits per heavy atom. The number of carboxylic acid groups (broad SMARTS) is 1. The van der Waals surface area contributed by atoms with Crippen LogP contribution in [-0.2, 0) is 11.4 Å². The number of hydrogen-bond acceptors (Lipinski definition) is 5. The highest BCUT2D eigenvalue weighted by Crippen LogP contribution is 2.33. The number of aliphatic carboxylic acids is 1. The fourth-order valence-corrected chi connectivity index (χ4v) is 3.33. The van der Waals surface area contributed by atoms with E-state index in [0.717, 1.165) is 5.56 Å². The number of carbonyl (C=O) groups is 2. The molecule has 1 unspecified atom stereocenters. The van der Waals surface area contributed by atoms with Gasteiger partial charge in [-0.25, -0.2) is 0 Å². The Labute approximate surface area is 175 Å². The van der Waals surface area contributed by atoms with Crippen molar-refractivity contribution in [3.63, 3.8) is 0 Å². The lowest BCUT2D eigenvalue weighted by Gasteiger charge is -2.19. The van der Waals surface area contributed by atoms with E-state index in [1.807, 2.05) is 30.3 Å². The van der Waals surface area contributed by atoms with Crippen molar-refractivity contribution in [1.82, 2.24) is 0 Å². The van der Waals surface area contributed by atoms with Gasteiger partial charge in [-0.1, -0.05) is 60.7 Å². The van der Waals surface area contributed by atoms with Gasteiger partial charge in [0.15, 0.2) is 5.78 Å². The number of carboxylic acids is 1. The molecule has 5 nitrogen and oxygen atoms in total. The molecule has 3 rings (SSSR count). The standard InChI is InChI=1S/C25H24O5/c1-29-23-13-6-5-12-21(23)22(14-15-24(26)27)25(28)19-10-7-11-20(16-19)30-17-18-8-3-2-4-9-18/h2-13,16,22H,14-15,17H2,1H3,(H,26,27)/p-1. The van der Waals surface area contributed by atoms with Crippen LogP contribution in [0.15, 0.2) is 78.9 Å². The lowest BCUT2D eigenvalue weighted by atomic mass is 9.86. The minimum atomic E-state index is -1.19. The number of carbonyl (C=O) groups excluding carboxylic acids is 2. The zero-order valence-electron chi connectivity index (χ0n) is 16.7. The summed E-state index contributed by atoms with van der Waals surface area (Å²) in [5.41, 5.74) is 2.13. The summed E-state index contributed by atoms with van der Waals surface area (Å²) >= 11 is 0. The van der Waals surface area contributed by atoms with Crippen LogP contribution >= 0.6 is 0 Å². The zero-order chi connectivity index (χ0) is 21.3. The van der Waals surface area contributed by atoms with Gasteiger partial charge in [-0.15, -0.1) is 0 Å². The van der Waals surface area contributed by atoms with Gasteiger partial charge in [0.25, 0.3) is 0 Å². The number of para-hydroxylation sites is 1. The molecule has 3 aromatic carbocycles. The summed E-state index contributed by atoms with van der Waals surface area (Å²) in [4.78, 5) is 24.4. The molecule has 0 radical (unpaired) electrons. The Balaban J connectivity index is 1.84. The lowest BCUT2D eigenvalue weighted by Crippen LogP contribution is -2.24. The third-order valence-corrected chi connectivity index (χ3v) is 4.83. The van der Waals surface area contributed by atoms with E-state index in [4.69, 9.17) is 9.47 Å². The van der Waals surface area contributed by atoms with Crippen molar-refractivity contribution in [2.45, 2.75) is 25.4 Å². The van der Waals surface area contributed by atoms with E-state index in [1.54, 1.807) is 48.5 Å². The number of hydrogen-bond donors (Lipinski definition) is 0. The van der Waals surface area contributed by atoms with Crippen LogP contribution in [0.3, 0.4) is 0 Å². The third-order valence-electron chi connectivity index (χ3n) is 4.83.